The molecule has 0 saturated heterocycles. The summed E-state index contributed by atoms with van der Waals surface area (Å²) in [6.07, 6.45) is 0. The van der Waals surface area contributed by atoms with Crippen LogP contribution in [0.1, 0.15) is 18.4 Å². The van der Waals surface area contributed by atoms with Crippen LogP contribution in [0.2, 0.25) is 0 Å². The fourth-order valence-electron chi connectivity index (χ4n) is 1.76. The van der Waals surface area contributed by atoms with Crippen LogP contribution in [-0.2, 0) is 4.79 Å². The molecule has 0 aliphatic heterocycles. The van der Waals surface area contributed by atoms with Gasteiger partial charge >= 0.3 is 0 Å². The molecule has 1 aromatic carbocycles. The first-order valence-corrected chi connectivity index (χ1v) is 6.13. The number of hydrogen-bond acceptors (Lipinski definition) is 3. The molecule has 4 nitrogen and oxygen atoms in total. The normalized spacial score (nSPS) is 12.0. The maximum atomic E-state index is 12.2. The molecule has 0 radical (unpaired) electrons. The molecule has 1 unspecified atom stereocenters. The largest absolute Gasteiger partial charge is 0.497 e. The van der Waals surface area contributed by atoms with Crippen molar-refractivity contribution < 1.29 is 9.53 Å². The maximum absolute atomic E-state index is 12.2. The zero-order valence-electron chi connectivity index (χ0n) is 11.6. The molecule has 100 valence electrons. The number of carbonyl (C=O) groups is 1. The third-order valence-electron chi connectivity index (χ3n) is 3.06. The highest BCUT2D eigenvalue weighted by atomic mass is 16.5. The molecule has 4 heteroatoms. The van der Waals surface area contributed by atoms with Gasteiger partial charge in [-0.3, -0.25) is 4.79 Å². The van der Waals surface area contributed by atoms with Crippen LogP contribution in [0.25, 0.3) is 0 Å². The van der Waals surface area contributed by atoms with Gasteiger partial charge in [0, 0.05) is 20.1 Å². The van der Waals surface area contributed by atoms with E-state index in [0.29, 0.717) is 0 Å². The van der Waals surface area contributed by atoms with Gasteiger partial charge in [-0.1, -0.05) is 12.1 Å². The molecule has 1 amide bonds. The molecule has 1 atom stereocenters. The van der Waals surface area contributed by atoms with Crippen LogP contribution in [0, 0.1) is 0 Å². The number of amides is 1. The number of nitrogens with zero attached hydrogens (tertiary/aromatic N) is 1. The smallest absolute Gasteiger partial charge is 0.229 e. The van der Waals surface area contributed by atoms with E-state index in [1.54, 1.807) is 12.0 Å². The predicted octanol–water partition coefficient (Wildman–Crippen LogP) is 1.48. The number of methoxy groups -OCH3 is 1. The van der Waals surface area contributed by atoms with E-state index in [1.807, 2.05) is 45.3 Å². The minimum absolute atomic E-state index is 0.127. The third kappa shape index (κ3) is 3.74. The third-order valence-corrected chi connectivity index (χ3v) is 3.06. The lowest BCUT2D eigenvalue weighted by Gasteiger charge is -2.21. The highest BCUT2D eigenvalue weighted by Gasteiger charge is 2.18. The van der Waals surface area contributed by atoms with Gasteiger partial charge < -0.3 is 15.0 Å². The molecular weight excluding hydrogens is 228 g/mol. The number of ether oxygens (including phenoxy) is 1. The Morgan fingerprint density at radius 3 is 2.50 bits per heavy atom. The van der Waals surface area contributed by atoms with Crippen molar-refractivity contribution in [2.75, 3.05) is 34.3 Å². The van der Waals surface area contributed by atoms with Crippen LogP contribution in [-0.4, -0.2) is 45.1 Å². The van der Waals surface area contributed by atoms with E-state index in [1.165, 1.54) is 0 Å². The minimum atomic E-state index is -0.127. The van der Waals surface area contributed by atoms with E-state index in [9.17, 15) is 4.79 Å². The summed E-state index contributed by atoms with van der Waals surface area (Å²) in [5.74, 6) is 0.815. The average molecular weight is 250 g/mol. The molecule has 0 bridgehead atoms. The summed E-state index contributed by atoms with van der Waals surface area (Å²) in [5.41, 5.74) is 1.01. The number of hydrogen-bond donors (Lipinski definition) is 1. The highest BCUT2D eigenvalue weighted by molar-refractivity contribution is 5.83. The lowest BCUT2D eigenvalue weighted by atomic mass is 10.00. The van der Waals surface area contributed by atoms with Crippen molar-refractivity contribution >= 4 is 5.91 Å². The van der Waals surface area contributed by atoms with Crippen LogP contribution < -0.4 is 10.1 Å². The fourth-order valence-corrected chi connectivity index (χ4v) is 1.76. The van der Waals surface area contributed by atoms with Gasteiger partial charge in [0.15, 0.2) is 0 Å². The Labute approximate surface area is 109 Å². The Bertz CT molecular complexity index is 376. The summed E-state index contributed by atoms with van der Waals surface area (Å²) in [4.78, 5) is 13.9. The number of benzene rings is 1. The van der Waals surface area contributed by atoms with Gasteiger partial charge in [0.2, 0.25) is 5.91 Å². The van der Waals surface area contributed by atoms with E-state index in [0.717, 1.165) is 24.4 Å². The molecular formula is C14H22N2O2. The quantitative estimate of drug-likeness (QED) is 0.831. The molecule has 0 fully saturated rings. The van der Waals surface area contributed by atoms with Gasteiger partial charge in [-0.25, -0.2) is 0 Å². The standard InChI is InChI=1S/C14H22N2O2/c1-11(14(17)16(3)10-9-15-2)12-5-7-13(18-4)8-6-12/h5-8,11,15H,9-10H2,1-4H3. The SMILES string of the molecule is CNCCN(C)C(=O)C(C)c1ccc(OC)cc1. The van der Waals surface area contributed by atoms with E-state index in [-0.39, 0.29) is 11.8 Å². The summed E-state index contributed by atoms with van der Waals surface area (Å²) in [6, 6.07) is 7.64. The fraction of sp³-hybridized carbons (Fsp3) is 0.500. The lowest BCUT2D eigenvalue weighted by Crippen LogP contribution is -2.35. The van der Waals surface area contributed by atoms with E-state index in [2.05, 4.69) is 5.32 Å². The Kier molecular flexibility index (Phi) is 5.65. The van der Waals surface area contributed by atoms with Crippen molar-refractivity contribution in [3.8, 4) is 5.75 Å². The molecule has 1 N–H and O–H groups in total. The van der Waals surface area contributed by atoms with Gasteiger partial charge in [-0.15, -0.1) is 0 Å². The lowest BCUT2D eigenvalue weighted by molar-refractivity contribution is -0.131. The summed E-state index contributed by atoms with van der Waals surface area (Å²) in [5, 5.41) is 3.04. The monoisotopic (exact) mass is 250 g/mol. The predicted molar refractivity (Wildman–Crippen MR) is 73.0 cm³/mol. The van der Waals surface area contributed by atoms with Crippen molar-refractivity contribution in [3.63, 3.8) is 0 Å². The molecule has 0 heterocycles. The molecule has 0 spiro atoms. The molecule has 1 aromatic rings. The van der Waals surface area contributed by atoms with Gasteiger partial charge in [0.05, 0.1) is 13.0 Å². The van der Waals surface area contributed by atoms with E-state index < -0.39 is 0 Å². The second-order valence-corrected chi connectivity index (χ2v) is 4.36. The van der Waals surface area contributed by atoms with Gasteiger partial charge in [0.25, 0.3) is 0 Å². The van der Waals surface area contributed by atoms with Crippen molar-refractivity contribution in [2.24, 2.45) is 0 Å². The van der Waals surface area contributed by atoms with Crippen molar-refractivity contribution in [1.82, 2.24) is 10.2 Å². The second-order valence-electron chi connectivity index (χ2n) is 4.36. The highest BCUT2D eigenvalue weighted by Crippen LogP contribution is 2.20. The van der Waals surface area contributed by atoms with Gasteiger partial charge in [-0.05, 0) is 31.7 Å². The zero-order chi connectivity index (χ0) is 13.5. The summed E-state index contributed by atoms with van der Waals surface area (Å²) in [7, 11) is 5.35. The van der Waals surface area contributed by atoms with Crippen LogP contribution in [0.3, 0.4) is 0 Å². The van der Waals surface area contributed by atoms with Crippen LogP contribution in [0.15, 0.2) is 24.3 Å². The van der Waals surface area contributed by atoms with Crippen molar-refractivity contribution in [1.29, 1.82) is 0 Å². The van der Waals surface area contributed by atoms with Crippen molar-refractivity contribution in [3.05, 3.63) is 29.8 Å². The summed E-state index contributed by atoms with van der Waals surface area (Å²) >= 11 is 0. The number of likely N-dealkylation sites (N-methyl/N-ethyl adjacent to an activating group) is 2. The van der Waals surface area contributed by atoms with Crippen LogP contribution >= 0.6 is 0 Å². The molecule has 0 aliphatic rings. The summed E-state index contributed by atoms with van der Waals surface area (Å²) in [6.45, 7) is 3.45. The number of nitrogens with one attached hydrogen (secondary N) is 1. The number of carbonyl (C=O) groups excluding carboxylic acids is 1. The molecule has 0 aromatic heterocycles. The molecule has 1 rings (SSSR count). The van der Waals surface area contributed by atoms with E-state index >= 15 is 0 Å². The number of rotatable bonds is 6. The van der Waals surface area contributed by atoms with Crippen LogP contribution in [0.5, 0.6) is 5.75 Å². The maximum Gasteiger partial charge on any atom is 0.229 e. The Morgan fingerprint density at radius 1 is 1.39 bits per heavy atom. The second kappa shape index (κ2) is 7.01. The Hall–Kier alpha value is -1.55. The zero-order valence-corrected chi connectivity index (χ0v) is 11.6. The average Bonchev–Trinajstić information content (AvgIpc) is 2.43. The van der Waals surface area contributed by atoms with Gasteiger partial charge in [-0.2, -0.15) is 0 Å². The molecule has 18 heavy (non-hydrogen) atoms. The first-order valence-electron chi connectivity index (χ1n) is 6.13. The first-order chi connectivity index (χ1) is 8.60. The van der Waals surface area contributed by atoms with Crippen molar-refractivity contribution in [2.45, 2.75) is 12.8 Å². The molecule has 0 aliphatic carbocycles. The Morgan fingerprint density at radius 2 is 2.00 bits per heavy atom. The Balaban J connectivity index is 2.67. The first kappa shape index (κ1) is 14.5. The van der Waals surface area contributed by atoms with Crippen LogP contribution in [0.4, 0.5) is 0 Å². The summed E-state index contributed by atoms with van der Waals surface area (Å²) < 4.78 is 5.11. The topological polar surface area (TPSA) is 41.6 Å². The molecule has 0 saturated carbocycles. The van der Waals surface area contributed by atoms with E-state index in [4.69, 9.17) is 4.74 Å². The van der Waals surface area contributed by atoms with Gasteiger partial charge in [0.1, 0.15) is 5.75 Å². The minimum Gasteiger partial charge on any atom is -0.497 e.